The third kappa shape index (κ3) is 8.25. The molecule has 0 heterocycles. The zero-order valence-corrected chi connectivity index (χ0v) is 16.5. The van der Waals surface area contributed by atoms with Crippen LogP contribution in [0.15, 0.2) is 29.7 Å². The number of methoxy groups -OCH3 is 1. The number of nitro benzene ring substituents is 1. The van der Waals surface area contributed by atoms with Crippen LogP contribution in [0.3, 0.4) is 0 Å². The van der Waals surface area contributed by atoms with Crippen LogP contribution in [0.25, 0.3) is 0 Å². The molecule has 1 N–H and O–H groups in total. The van der Waals surface area contributed by atoms with Crippen LogP contribution < -0.4 is 10.1 Å². The van der Waals surface area contributed by atoms with Gasteiger partial charge in [0.15, 0.2) is 5.75 Å². The maximum Gasteiger partial charge on any atom is 0.322 e. The van der Waals surface area contributed by atoms with Crippen LogP contribution in [-0.4, -0.2) is 29.6 Å². The molecule has 1 aromatic rings. The summed E-state index contributed by atoms with van der Waals surface area (Å²) < 4.78 is 4.94. The van der Waals surface area contributed by atoms with Gasteiger partial charge in [0, 0.05) is 12.6 Å². The van der Waals surface area contributed by atoms with Gasteiger partial charge in [-0.15, -0.1) is 0 Å². The van der Waals surface area contributed by atoms with Gasteiger partial charge in [0.1, 0.15) is 5.56 Å². The molecule has 0 aliphatic carbocycles. The minimum Gasteiger partial charge on any atom is -0.490 e. The standard InChI is InChI=1S/C19H26N2O5S/c1-3-4-5-6-7-8-13-20-17(22)12-14-27-19(23)15-10-9-11-16(26-2)18(15)21(24)25/h9-12,14H,3-8,13H2,1-2H3,(H,20,22)/b14-12-. The van der Waals surface area contributed by atoms with E-state index >= 15 is 0 Å². The number of nitrogens with zero attached hydrogens (tertiary/aromatic N) is 1. The quantitative estimate of drug-likeness (QED) is 0.243. The Morgan fingerprint density at radius 3 is 2.59 bits per heavy atom. The SMILES string of the molecule is CCCCCCCCNC(=O)/C=C\SC(=O)c1cccc(OC)c1[N+](=O)[O-]. The average molecular weight is 394 g/mol. The van der Waals surface area contributed by atoms with Crippen LogP contribution in [0.4, 0.5) is 5.69 Å². The lowest BCUT2D eigenvalue weighted by Gasteiger charge is -2.05. The number of nitrogens with one attached hydrogen (secondary N) is 1. The Kier molecular flexibility index (Phi) is 10.9. The molecule has 1 rings (SSSR count). The van der Waals surface area contributed by atoms with Gasteiger partial charge in [-0.05, 0) is 24.0 Å². The fourth-order valence-corrected chi connectivity index (χ4v) is 3.04. The fraction of sp³-hybridized carbons (Fsp3) is 0.474. The van der Waals surface area contributed by atoms with Crippen molar-refractivity contribution in [2.45, 2.75) is 45.4 Å². The number of rotatable bonds is 12. The predicted octanol–water partition coefficient (Wildman–Crippen LogP) is 4.47. The van der Waals surface area contributed by atoms with E-state index in [1.54, 1.807) is 0 Å². The maximum atomic E-state index is 12.2. The Bertz CT molecular complexity index is 676. The summed E-state index contributed by atoms with van der Waals surface area (Å²) in [6.45, 7) is 2.76. The van der Waals surface area contributed by atoms with E-state index in [2.05, 4.69) is 12.2 Å². The van der Waals surface area contributed by atoms with Gasteiger partial charge < -0.3 is 10.1 Å². The van der Waals surface area contributed by atoms with Gasteiger partial charge in [-0.2, -0.15) is 0 Å². The van der Waals surface area contributed by atoms with Crippen molar-refractivity contribution in [3.8, 4) is 5.75 Å². The second-order valence-corrected chi connectivity index (χ2v) is 6.76. The number of nitro groups is 1. The molecular formula is C19H26N2O5S. The first-order valence-corrected chi connectivity index (χ1v) is 9.86. The van der Waals surface area contributed by atoms with Gasteiger partial charge in [-0.1, -0.05) is 56.9 Å². The van der Waals surface area contributed by atoms with Crippen LogP contribution >= 0.6 is 11.8 Å². The lowest BCUT2D eigenvalue weighted by molar-refractivity contribution is -0.386. The second kappa shape index (κ2) is 12.9. The Balaban J connectivity index is 2.46. The normalized spacial score (nSPS) is 10.7. The number of unbranched alkanes of at least 4 members (excludes halogenated alkanes) is 5. The predicted molar refractivity (Wildman–Crippen MR) is 107 cm³/mol. The summed E-state index contributed by atoms with van der Waals surface area (Å²) in [5.74, 6) is -0.267. The van der Waals surface area contributed by atoms with E-state index in [1.807, 2.05) is 0 Å². The lowest BCUT2D eigenvalue weighted by atomic mass is 10.1. The minimum atomic E-state index is -0.649. The molecule has 0 atom stereocenters. The van der Waals surface area contributed by atoms with E-state index in [0.29, 0.717) is 6.54 Å². The van der Waals surface area contributed by atoms with Crippen LogP contribution in [0.2, 0.25) is 0 Å². The highest BCUT2D eigenvalue weighted by Gasteiger charge is 2.24. The molecule has 27 heavy (non-hydrogen) atoms. The van der Waals surface area contributed by atoms with Gasteiger partial charge in [0.25, 0.3) is 0 Å². The molecule has 1 aromatic carbocycles. The Morgan fingerprint density at radius 2 is 1.93 bits per heavy atom. The number of hydrogen-bond donors (Lipinski definition) is 1. The van der Waals surface area contributed by atoms with Crippen LogP contribution in [0.5, 0.6) is 5.75 Å². The molecule has 0 spiro atoms. The molecule has 0 aromatic heterocycles. The smallest absolute Gasteiger partial charge is 0.322 e. The van der Waals surface area contributed by atoms with Gasteiger partial charge in [0.2, 0.25) is 11.0 Å². The summed E-state index contributed by atoms with van der Waals surface area (Å²) >= 11 is 0.721. The molecule has 0 aliphatic rings. The molecule has 8 heteroatoms. The highest BCUT2D eigenvalue weighted by molar-refractivity contribution is 8.16. The van der Waals surface area contributed by atoms with Crippen LogP contribution in [-0.2, 0) is 4.79 Å². The zero-order valence-electron chi connectivity index (χ0n) is 15.7. The van der Waals surface area contributed by atoms with Crippen LogP contribution in [0, 0.1) is 10.1 Å². The van der Waals surface area contributed by atoms with Gasteiger partial charge in [-0.3, -0.25) is 19.7 Å². The van der Waals surface area contributed by atoms with Crippen molar-refractivity contribution in [2.75, 3.05) is 13.7 Å². The first-order chi connectivity index (χ1) is 13.0. The molecule has 0 unspecified atom stereocenters. The van der Waals surface area contributed by atoms with Crippen molar-refractivity contribution in [1.29, 1.82) is 0 Å². The summed E-state index contributed by atoms with van der Waals surface area (Å²) in [5.41, 5.74) is -0.445. The molecule has 0 radical (unpaired) electrons. The monoisotopic (exact) mass is 394 g/mol. The first kappa shape index (κ1) is 22.7. The highest BCUT2D eigenvalue weighted by atomic mass is 32.2. The Morgan fingerprint density at radius 1 is 1.22 bits per heavy atom. The third-order valence-corrected chi connectivity index (χ3v) is 4.55. The lowest BCUT2D eigenvalue weighted by Crippen LogP contribution is -2.21. The minimum absolute atomic E-state index is 0.0205. The molecule has 0 fully saturated rings. The van der Waals surface area contributed by atoms with E-state index in [-0.39, 0.29) is 22.9 Å². The number of thioether (sulfide) groups is 1. The largest absolute Gasteiger partial charge is 0.490 e. The number of carbonyl (C=O) groups excluding carboxylic acids is 2. The van der Waals surface area contributed by atoms with E-state index in [4.69, 9.17) is 4.74 Å². The molecule has 148 valence electrons. The summed E-state index contributed by atoms with van der Waals surface area (Å²) in [5, 5.41) is 14.8. The van der Waals surface area contributed by atoms with Crippen molar-refractivity contribution in [3.63, 3.8) is 0 Å². The molecule has 1 amide bonds. The maximum absolute atomic E-state index is 12.2. The number of ether oxygens (including phenoxy) is 1. The molecule has 0 saturated heterocycles. The number of amides is 1. The Labute approximate surface area is 163 Å². The van der Waals surface area contributed by atoms with Gasteiger partial charge >= 0.3 is 5.69 Å². The second-order valence-electron chi connectivity index (χ2n) is 5.88. The summed E-state index contributed by atoms with van der Waals surface area (Å²) in [6.07, 6.45) is 8.10. The van der Waals surface area contributed by atoms with E-state index in [0.717, 1.165) is 24.6 Å². The van der Waals surface area contributed by atoms with Crippen molar-refractivity contribution in [2.24, 2.45) is 0 Å². The van der Waals surface area contributed by atoms with Gasteiger partial charge in [-0.25, -0.2) is 0 Å². The molecular weight excluding hydrogens is 368 g/mol. The topological polar surface area (TPSA) is 98.5 Å². The average Bonchev–Trinajstić information content (AvgIpc) is 2.66. The number of benzene rings is 1. The van der Waals surface area contributed by atoms with Crippen molar-refractivity contribution < 1.29 is 19.2 Å². The van der Waals surface area contributed by atoms with Gasteiger partial charge in [0.05, 0.1) is 12.0 Å². The highest BCUT2D eigenvalue weighted by Crippen LogP contribution is 2.32. The molecule has 7 nitrogen and oxygen atoms in total. The molecule has 0 saturated carbocycles. The molecule has 0 aliphatic heterocycles. The first-order valence-electron chi connectivity index (χ1n) is 8.98. The number of carbonyl (C=O) groups is 2. The number of para-hydroxylation sites is 1. The van der Waals surface area contributed by atoms with Crippen molar-refractivity contribution >= 4 is 28.5 Å². The summed E-state index contributed by atoms with van der Waals surface area (Å²) in [7, 11) is 1.30. The fourth-order valence-electron chi connectivity index (χ4n) is 2.44. The van der Waals surface area contributed by atoms with Crippen LogP contribution in [0.1, 0.15) is 55.8 Å². The summed E-state index contributed by atoms with van der Waals surface area (Å²) in [4.78, 5) is 34.5. The van der Waals surface area contributed by atoms with Crippen molar-refractivity contribution in [1.82, 2.24) is 5.32 Å². The Hall–Kier alpha value is -2.35. The summed E-state index contributed by atoms with van der Waals surface area (Å²) in [6, 6.07) is 4.30. The van der Waals surface area contributed by atoms with E-state index in [9.17, 15) is 19.7 Å². The number of hydrogen-bond acceptors (Lipinski definition) is 6. The third-order valence-electron chi connectivity index (χ3n) is 3.85. The van der Waals surface area contributed by atoms with Crippen molar-refractivity contribution in [3.05, 3.63) is 45.4 Å². The van der Waals surface area contributed by atoms with E-state index in [1.165, 1.54) is 62.5 Å². The van der Waals surface area contributed by atoms with E-state index < -0.39 is 10.0 Å². The zero-order chi connectivity index (χ0) is 20.1. The molecule has 0 bridgehead atoms.